The van der Waals surface area contributed by atoms with Crippen LogP contribution in [-0.4, -0.2) is 34.6 Å². The van der Waals surface area contributed by atoms with Crippen molar-refractivity contribution in [3.05, 3.63) is 48.5 Å². The first-order chi connectivity index (χ1) is 12.0. The molecular formula is C17H20N2O5S. The number of benzene rings is 2. The van der Waals surface area contributed by atoms with E-state index in [1.165, 1.54) is 19.2 Å². The standard InChI is InChI=1S/C17H20N2O5S/c1-3-18-17(20)12-24-14-8-6-7-13(11-14)19-25(21,22)16-10-5-4-9-15(16)23-2/h4-11,19H,3,12H2,1-2H3,(H,18,20). The van der Waals surface area contributed by atoms with Gasteiger partial charge >= 0.3 is 0 Å². The summed E-state index contributed by atoms with van der Waals surface area (Å²) >= 11 is 0. The van der Waals surface area contributed by atoms with Crippen molar-refractivity contribution in [2.45, 2.75) is 11.8 Å². The number of hydrogen-bond acceptors (Lipinski definition) is 5. The van der Waals surface area contributed by atoms with Crippen LogP contribution in [-0.2, 0) is 14.8 Å². The first-order valence-corrected chi connectivity index (χ1v) is 9.10. The van der Waals surface area contributed by atoms with E-state index in [0.717, 1.165) is 0 Å². The second kappa shape index (κ2) is 8.39. The molecule has 2 aromatic rings. The molecule has 0 aliphatic carbocycles. The zero-order valence-corrected chi connectivity index (χ0v) is 14.8. The maximum absolute atomic E-state index is 12.5. The van der Waals surface area contributed by atoms with Crippen molar-refractivity contribution in [2.75, 3.05) is 25.0 Å². The summed E-state index contributed by atoms with van der Waals surface area (Å²) < 4.78 is 38.0. The van der Waals surface area contributed by atoms with E-state index in [1.807, 2.05) is 6.92 Å². The Balaban J connectivity index is 2.14. The summed E-state index contributed by atoms with van der Waals surface area (Å²) in [5.74, 6) is 0.382. The molecule has 0 saturated heterocycles. The Hall–Kier alpha value is -2.74. The van der Waals surface area contributed by atoms with Gasteiger partial charge in [0.2, 0.25) is 0 Å². The fourth-order valence-electron chi connectivity index (χ4n) is 2.10. The van der Waals surface area contributed by atoms with E-state index in [0.29, 0.717) is 18.0 Å². The van der Waals surface area contributed by atoms with Gasteiger partial charge in [-0.1, -0.05) is 18.2 Å². The highest BCUT2D eigenvalue weighted by molar-refractivity contribution is 7.92. The number of nitrogens with one attached hydrogen (secondary N) is 2. The van der Waals surface area contributed by atoms with E-state index in [4.69, 9.17) is 9.47 Å². The van der Waals surface area contributed by atoms with Crippen LogP contribution in [0, 0.1) is 0 Å². The topological polar surface area (TPSA) is 93.7 Å². The van der Waals surface area contributed by atoms with Gasteiger partial charge in [0.05, 0.1) is 12.8 Å². The van der Waals surface area contributed by atoms with Crippen molar-refractivity contribution < 1.29 is 22.7 Å². The van der Waals surface area contributed by atoms with Gasteiger partial charge in [0.1, 0.15) is 16.4 Å². The molecule has 7 nitrogen and oxygen atoms in total. The summed E-state index contributed by atoms with van der Waals surface area (Å²) in [5, 5.41) is 2.61. The van der Waals surface area contributed by atoms with Gasteiger partial charge in [-0.05, 0) is 31.2 Å². The number of sulfonamides is 1. The fourth-order valence-corrected chi connectivity index (χ4v) is 3.32. The number of para-hydroxylation sites is 1. The lowest BCUT2D eigenvalue weighted by atomic mass is 10.3. The normalized spacial score (nSPS) is 10.8. The zero-order valence-electron chi connectivity index (χ0n) is 14.0. The molecule has 0 unspecified atom stereocenters. The van der Waals surface area contributed by atoms with Crippen LogP contribution in [0.2, 0.25) is 0 Å². The lowest BCUT2D eigenvalue weighted by Crippen LogP contribution is -2.28. The van der Waals surface area contributed by atoms with Crippen molar-refractivity contribution >= 4 is 21.6 Å². The molecule has 2 aromatic carbocycles. The highest BCUT2D eigenvalue weighted by Crippen LogP contribution is 2.26. The smallest absolute Gasteiger partial charge is 0.265 e. The van der Waals surface area contributed by atoms with Crippen LogP contribution in [0.3, 0.4) is 0 Å². The Labute approximate surface area is 147 Å². The van der Waals surface area contributed by atoms with E-state index >= 15 is 0 Å². The van der Waals surface area contributed by atoms with Gasteiger partial charge in [0.15, 0.2) is 6.61 Å². The van der Waals surface area contributed by atoms with Crippen LogP contribution >= 0.6 is 0 Å². The highest BCUT2D eigenvalue weighted by Gasteiger charge is 2.19. The van der Waals surface area contributed by atoms with Crippen LogP contribution in [0.1, 0.15) is 6.92 Å². The maximum atomic E-state index is 12.5. The molecule has 0 bridgehead atoms. The molecule has 0 radical (unpaired) electrons. The summed E-state index contributed by atoms with van der Waals surface area (Å²) in [5.41, 5.74) is 0.319. The van der Waals surface area contributed by atoms with E-state index < -0.39 is 10.0 Å². The molecule has 0 aliphatic heterocycles. The summed E-state index contributed by atoms with van der Waals surface area (Å²) in [6.45, 7) is 2.18. The average Bonchev–Trinajstić information content (AvgIpc) is 2.60. The SMILES string of the molecule is CCNC(=O)COc1cccc(NS(=O)(=O)c2ccccc2OC)c1. The number of ether oxygens (including phenoxy) is 2. The summed E-state index contributed by atoms with van der Waals surface area (Å²) in [6.07, 6.45) is 0. The van der Waals surface area contributed by atoms with Crippen LogP contribution in [0.25, 0.3) is 0 Å². The lowest BCUT2D eigenvalue weighted by molar-refractivity contribution is -0.122. The average molecular weight is 364 g/mol. The first-order valence-electron chi connectivity index (χ1n) is 7.61. The Morgan fingerprint density at radius 3 is 2.60 bits per heavy atom. The van der Waals surface area contributed by atoms with Gasteiger partial charge in [-0.3, -0.25) is 9.52 Å². The molecular weight excluding hydrogens is 344 g/mol. The van der Waals surface area contributed by atoms with Gasteiger partial charge < -0.3 is 14.8 Å². The van der Waals surface area contributed by atoms with Crippen molar-refractivity contribution in [1.29, 1.82) is 0 Å². The van der Waals surface area contributed by atoms with Crippen molar-refractivity contribution in [3.8, 4) is 11.5 Å². The number of hydrogen-bond donors (Lipinski definition) is 2. The number of carbonyl (C=O) groups excluding carboxylic acids is 1. The third kappa shape index (κ3) is 5.12. The lowest BCUT2D eigenvalue weighted by Gasteiger charge is -2.12. The van der Waals surface area contributed by atoms with Gasteiger partial charge in [-0.25, -0.2) is 8.42 Å². The van der Waals surface area contributed by atoms with Crippen molar-refractivity contribution in [3.63, 3.8) is 0 Å². The molecule has 1 amide bonds. The molecule has 134 valence electrons. The number of likely N-dealkylation sites (N-methyl/N-ethyl adjacent to an activating group) is 1. The molecule has 2 rings (SSSR count). The van der Waals surface area contributed by atoms with E-state index in [-0.39, 0.29) is 23.2 Å². The van der Waals surface area contributed by atoms with Crippen LogP contribution in [0.4, 0.5) is 5.69 Å². The fraction of sp³-hybridized carbons (Fsp3) is 0.235. The van der Waals surface area contributed by atoms with Gasteiger partial charge in [-0.2, -0.15) is 0 Å². The molecule has 25 heavy (non-hydrogen) atoms. The molecule has 2 N–H and O–H groups in total. The number of methoxy groups -OCH3 is 1. The molecule has 0 heterocycles. The summed E-state index contributed by atoms with van der Waals surface area (Å²) in [4.78, 5) is 11.5. The first kappa shape index (κ1) is 18.6. The van der Waals surface area contributed by atoms with E-state index in [2.05, 4.69) is 10.0 Å². The Kier molecular flexibility index (Phi) is 6.24. The minimum absolute atomic E-state index is 0.0335. The summed E-state index contributed by atoms with van der Waals surface area (Å²) in [6, 6.07) is 12.7. The van der Waals surface area contributed by atoms with Crippen molar-refractivity contribution in [2.24, 2.45) is 0 Å². The molecule has 0 spiro atoms. The molecule has 0 fully saturated rings. The number of carbonyl (C=O) groups is 1. The van der Waals surface area contributed by atoms with Gasteiger partial charge in [0.25, 0.3) is 15.9 Å². The Morgan fingerprint density at radius 1 is 1.12 bits per heavy atom. The Morgan fingerprint density at radius 2 is 1.88 bits per heavy atom. The maximum Gasteiger partial charge on any atom is 0.265 e. The molecule has 0 saturated carbocycles. The predicted molar refractivity (Wildman–Crippen MR) is 94.4 cm³/mol. The minimum Gasteiger partial charge on any atom is -0.495 e. The Bertz CT molecular complexity index is 836. The van der Waals surface area contributed by atoms with Gasteiger partial charge in [-0.15, -0.1) is 0 Å². The molecule has 0 aromatic heterocycles. The van der Waals surface area contributed by atoms with Gasteiger partial charge in [0, 0.05) is 12.6 Å². The third-order valence-electron chi connectivity index (χ3n) is 3.19. The molecule has 0 aliphatic rings. The molecule has 0 atom stereocenters. The monoisotopic (exact) mass is 364 g/mol. The number of rotatable bonds is 8. The number of amides is 1. The highest BCUT2D eigenvalue weighted by atomic mass is 32.2. The minimum atomic E-state index is -3.82. The third-order valence-corrected chi connectivity index (χ3v) is 4.61. The van der Waals surface area contributed by atoms with Crippen LogP contribution in [0.15, 0.2) is 53.4 Å². The van der Waals surface area contributed by atoms with Crippen molar-refractivity contribution in [1.82, 2.24) is 5.32 Å². The number of anilines is 1. The van der Waals surface area contributed by atoms with Crippen LogP contribution in [0.5, 0.6) is 11.5 Å². The summed E-state index contributed by atoms with van der Waals surface area (Å²) in [7, 11) is -2.42. The zero-order chi connectivity index (χ0) is 18.3. The largest absolute Gasteiger partial charge is 0.495 e. The molecule has 8 heteroatoms. The second-order valence-corrected chi connectivity index (χ2v) is 6.68. The quantitative estimate of drug-likeness (QED) is 0.747. The van der Waals surface area contributed by atoms with Crippen LogP contribution < -0.4 is 19.5 Å². The van der Waals surface area contributed by atoms with E-state index in [9.17, 15) is 13.2 Å². The second-order valence-electron chi connectivity index (χ2n) is 5.03. The predicted octanol–water partition coefficient (Wildman–Crippen LogP) is 2.01. The van der Waals surface area contributed by atoms with E-state index in [1.54, 1.807) is 36.4 Å².